The van der Waals surface area contributed by atoms with Gasteiger partial charge < -0.3 is 9.63 Å². The first-order valence-electron chi connectivity index (χ1n) is 5.43. The van der Waals surface area contributed by atoms with Gasteiger partial charge in [0.15, 0.2) is 0 Å². The van der Waals surface area contributed by atoms with Crippen LogP contribution in [0.5, 0.6) is 5.75 Å². The van der Waals surface area contributed by atoms with E-state index in [0.717, 1.165) is 0 Å². The average Bonchev–Trinajstić information content (AvgIpc) is 2.30. The third-order valence-electron chi connectivity index (χ3n) is 1.89. The molecule has 0 aromatic heterocycles. The van der Waals surface area contributed by atoms with Gasteiger partial charge in [-0.3, -0.25) is 9.05 Å². The summed E-state index contributed by atoms with van der Waals surface area (Å²) < 4.78 is 27.0. The monoisotopic (exact) mass is 274 g/mol. The van der Waals surface area contributed by atoms with Crippen LogP contribution in [0.15, 0.2) is 24.3 Å². The van der Waals surface area contributed by atoms with Gasteiger partial charge in [0.05, 0.1) is 18.8 Å². The minimum absolute atomic E-state index is 0.116. The fraction of sp³-hybridized carbons (Fsp3) is 0.364. The number of aromatic carboxylic acids is 1. The largest absolute Gasteiger partial charge is 0.530 e. The number of benzene rings is 1. The van der Waals surface area contributed by atoms with Crippen molar-refractivity contribution in [3.05, 3.63) is 29.8 Å². The zero-order valence-corrected chi connectivity index (χ0v) is 11.1. The van der Waals surface area contributed by atoms with Gasteiger partial charge in [-0.1, -0.05) is 0 Å². The molecule has 0 heterocycles. The second kappa shape index (κ2) is 6.54. The fourth-order valence-electron chi connectivity index (χ4n) is 1.19. The topological polar surface area (TPSA) is 82.1 Å². The highest BCUT2D eigenvalue weighted by molar-refractivity contribution is 7.48. The summed E-state index contributed by atoms with van der Waals surface area (Å²) >= 11 is 0. The average molecular weight is 274 g/mol. The number of hydrogen-bond acceptors (Lipinski definition) is 5. The van der Waals surface area contributed by atoms with Gasteiger partial charge in [-0.2, -0.15) is 0 Å². The molecule has 1 aromatic carbocycles. The van der Waals surface area contributed by atoms with Crippen molar-refractivity contribution in [1.29, 1.82) is 0 Å². The molecule has 0 aliphatic heterocycles. The summed E-state index contributed by atoms with van der Waals surface area (Å²) in [5.74, 6) is -0.815. The summed E-state index contributed by atoms with van der Waals surface area (Å²) in [5.41, 5.74) is 0.116. The van der Waals surface area contributed by atoms with Crippen LogP contribution in [0.25, 0.3) is 0 Å². The van der Waals surface area contributed by atoms with Crippen molar-refractivity contribution >= 4 is 13.8 Å². The Bertz CT molecular complexity index is 431. The van der Waals surface area contributed by atoms with Crippen molar-refractivity contribution in [1.82, 2.24) is 0 Å². The number of hydrogen-bond donors (Lipinski definition) is 1. The molecule has 0 bridgehead atoms. The van der Waals surface area contributed by atoms with Crippen molar-refractivity contribution in [2.45, 2.75) is 13.8 Å². The van der Waals surface area contributed by atoms with E-state index in [-0.39, 0.29) is 24.5 Å². The Balaban J connectivity index is 2.81. The van der Waals surface area contributed by atoms with Crippen molar-refractivity contribution in [2.24, 2.45) is 0 Å². The van der Waals surface area contributed by atoms with E-state index in [9.17, 15) is 9.36 Å². The lowest BCUT2D eigenvalue weighted by molar-refractivity contribution is 0.0697. The van der Waals surface area contributed by atoms with Gasteiger partial charge in [0.25, 0.3) is 0 Å². The molecule has 18 heavy (non-hydrogen) atoms. The maximum atomic E-state index is 12.0. The predicted octanol–water partition coefficient (Wildman–Crippen LogP) is 2.94. The lowest BCUT2D eigenvalue weighted by atomic mass is 10.2. The number of phosphoric acid groups is 1. The van der Waals surface area contributed by atoms with Gasteiger partial charge in [0.2, 0.25) is 0 Å². The Hall–Kier alpha value is -1.36. The molecule has 0 aliphatic carbocycles. The molecule has 0 aliphatic rings. The van der Waals surface area contributed by atoms with Crippen LogP contribution in [0.3, 0.4) is 0 Å². The van der Waals surface area contributed by atoms with Crippen molar-refractivity contribution in [2.75, 3.05) is 13.2 Å². The highest BCUT2D eigenvalue weighted by Crippen LogP contribution is 2.49. The van der Waals surface area contributed by atoms with E-state index in [0.29, 0.717) is 0 Å². The molecule has 7 heteroatoms. The number of rotatable bonds is 7. The number of carbonyl (C=O) groups is 1. The zero-order valence-electron chi connectivity index (χ0n) is 10.2. The van der Waals surface area contributed by atoms with E-state index < -0.39 is 13.8 Å². The first-order valence-corrected chi connectivity index (χ1v) is 6.89. The maximum Gasteiger partial charge on any atom is 0.530 e. The highest BCUT2D eigenvalue weighted by Gasteiger charge is 2.27. The molecule has 6 nitrogen and oxygen atoms in total. The van der Waals surface area contributed by atoms with E-state index >= 15 is 0 Å². The van der Waals surface area contributed by atoms with E-state index in [2.05, 4.69) is 0 Å². The third-order valence-corrected chi connectivity index (χ3v) is 3.48. The second-order valence-corrected chi connectivity index (χ2v) is 4.80. The molecular weight excluding hydrogens is 259 g/mol. The predicted molar refractivity (Wildman–Crippen MR) is 64.9 cm³/mol. The van der Waals surface area contributed by atoms with Crippen LogP contribution in [0.1, 0.15) is 24.2 Å². The number of carboxylic acid groups (broad SMARTS) is 1. The van der Waals surface area contributed by atoms with E-state index in [1.807, 2.05) is 0 Å². The van der Waals surface area contributed by atoms with Crippen molar-refractivity contribution < 1.29 is 28.0 Å². The summed E-state index contributed by atoms with van der Waals surface area (Å²) in [6.45, 7) is 3.71. The molecule has 0 amide bonds. The van der Waals surface area contributed by atoms with E-state index in [4.69, 9.17) is 18.7 Å². The van der Waals surface area contributed by atoms with E-state index in [1.54, 1.807) is 13.8 Å². The molecule has 0 saturated heterocycles. The van der Waals surface area contributed by atoms with Crippen LogP contribution in [-0.2, 0) is 13.6 Å². The minimum Gasteiger partial charge on any atom is -0.478 e. The molecule has 0 fully saturated rings. The summed E-state index contributed by atoms with van der Waals surface area (Å²) in [6.07, 6.45) is 0. The van der Waals surface area contributed by atoms with Crippen LogP contribution < -0.4 is 4.52 Å². The Morgan fingerprint density at radius 2 is 1.67 bits per heavy atom. The second-order valence-electron chi connectivity index (χ2n) is 3.20. The Morgan fingerprint density at radius 1 is 1.17 bits per heavy atom. The first kappa shape index (κ1) is 14.7. The molecule has 0 unspecified atom stereocenters. The summed E-state index contributed by atoms with van der Waals surface area (Å²) in [4.78, 5) is 10.7. The SMILES string of the molecule is CCOP(=O)(OCC)Oc1ccc(C(=O)O)cc1. The highest BCUT2D eigenvalue weighted by atomic mass is 31.2. The van der Waals surface area contributed by atoms with Gasteiger partial charge in [0.1, 0.15) is 5.75 Å². The lowest BCUT2D eigenvalue weighted by Crippen LogP contribution is -2.02. The van der Waals surface area contributed by atoms with E-state index in [1.165, 1.54) is 24.3 Å². The molecule has 100 valence electrons. The third kappa shape index (κ3) is 4.14. The van der Waals surface area contributed by atoms with Crippen LogP contribution in [0.4, 0.5) is 0 Å². The Morgan fingerprint density at radius 3 is 2.06 bits per heavy atom. The standard InChI is InChI=1S/C11H15O6P/c1-3-15-18(14,16-4-2)17-10-7-5-9(6-8-10)11(12)13/h5-8H,3-4H2,1-2H3,(H,12,13). The van der Waals surface area contributed by atoms with Gasteiger partial charge in [0, 0.05) is 0 Å². The fourth-order valence-corrected chi connectivity index (χ4v) is 2.39. The molecule has 0 spiro atoms. The Labute approximate surface area is 105 Å². The van der Waals surface area contributed by atoms with Gasteiger partial charge >= 0.3 is 13.8 Å². The summed E-state index contributed by atoms with van der Waals surface area (Å²) in [5, 5.41) is 8.73. The van der Waals surface area contributed by atoms with Crippen LogP contribution in [0.2, 0.25) is 0 Å². The molecule has 1 N–H and O–H groups in total. The number of carboxylic acids is 1. The van der Waals surface area contributed by atoms with Crippen molar-refractivity contribution in [3.63, 3.8) is 0 Å². The smallest absolute Gasteiger partial charge is 0.478 e. The summed E-state index contributed by atoms with van der Waals surface area (Å²) in [7, 11) is -3.63. The van der Waals surface area contributed by atoms with Gasteiger partial charge in [-0.15, -0.1) is 0 Å². The molecule has 1 rings (SSSR count). The number of phosphoric ester groups is 1. The minimum atomic E-state index is -3.63. The van der Waals surface area contributed by atoms with Crippen LogP contribution in [0, 0.1) is 0 Å². The zero-order chi connectivity index (χ0) is 13.6. The maximum absolute atomic E-state index is 12.0. The molecular formula is C11H15O6P. The Kier molecular flexibility index (Phi) is 5.34. The lowest BCUT2D eigenvalue weighted by Gasteiger charge is -2.16. The van der Waals surface area contributed by atoms with Crippen LogP contribution in [-0.4, -0.2) is 24.3 Å². The normalized spacial score (nSPS) is 11.2. The molecule has 0 saturated carbocycles. The first-order chi connectivity index (χ1) is 8.50. The van der Waals surface area contributed by atoms with Crippen LogP contribution >= 0.6 is 7.82 Å². The molecule has 0 radical (unpaired) electrons. The molecule has 1 aromatic rings. The summed E-state index contributed by atoms with van der Waals surface area (Å²) in [6, 6.07) is 5.49. The van der Waals surface area contributed by atoms with Gasteiger partial charge in [-0.25, -0.2) is 9.36 Å². The molecule has 0 atom stereocenters. The van der Waals surface area contributed by atoms with Crippen molar-refractivity contribution in [3.8, 4) is 5.75 Å². The quantitative estimate of drug-likeness (QED) is 0.770. The van der Waals surface area contributed by atoms with Gasteiger partial charge in [-0.05, 0) is 38.1 Å².